The third-order valence-corrected chi connectivity index (χ3v) is 3.33. The second kappa shape index (κ2) is 8.34. The van der Waals surface area contributed by atoms with Crippen molar-refractivity contribution in [1.29, 1.82) is 0 Å². The number of nitrogens with one attached hydrogen (secondary N) is 1. The Labute approximate surface area is 122 Å². The fraction of sp³-hybridized carbons (Fsp3) is 0.600. The first kappa shape index (κ1) is 17.9. The van der Waals surface area contributed by atoms with Gasteiger partial charge in [-0.25, -0.2) is 4.39 Å². The monoisotopic (exact) mass is 307 g/mol. The molecule has 0 aliphatic heterocycles. The van der Waals surface area contributed by atoms with Crippen molar-refractivity contribution in [2.75, 3.05) is 13.2 Å². The van der Waals surface area contributed by atoms with Gasteiger partial charge in [-0.15, -0.1) is 0 Å². The predicted octanol–water partition coefficient (Wildman–Crippen LogP) is 3.73. The van der Waals surface area contributed by atoms with E-state index in [1.165, 1.54) is 6.07 Å². The Balaban J connectivity index is 2.59. The summed E-state index contributed by atoms with van der Waals surface area (Å²) in [4.78, 5) is 0. The van der Waals surface area contributed by atoms with Crippen molar-refractivity contribution in [3.8, 4) is 0 Å². The molecule has 0 aromatic heterocycles. The van der Waals surface area contributed by atoms with Crippen LogP contribution in [0.25, 0.3) is 0 Å². The van der Waals surface area contributed by atoms with Gasteiger partial charge in [0.25, 0.3) is 0 Å². The molecule has 0 amide bonds. The molecule has 0 heterocycles. The standard InChI is InChI=1S/C15H21F4NO/c1-2-3-11(6-7-21)9-20-10-12-4-5-14(16)13(8-12)15(17,18)19/h4-5,8,11,20-21H,2-3,6-7,9-10H2,1H3. The van der Waals surface area contributed by atoms with E-state index in [0.29, 0.717) is 24.4 Å². The molecule has 0 bridgehead atoms. The van der Waals surface area contributed by atoms with Crippen molar-refractivity contribution in [1.82, 2.24) is 5.32 Å². The van der Waals surface area contributed by atoms with Crippen molar-refractivity contribution >= 4 is 0 Å². The summed E-state index contributed by atoms with van der Waals surface area (Å²) in [5.74, 6) is -0.960. The highest BCUT2D eigenvalue weighted by Crippen LogP contribution is 2.31. The molecule has 1 rings (SSSR count). The predicted molar refractivity (Wildman–Crippen MR) is 73.2 cm³/mol. The number of rotatable bonds is 8. The van der Waals surface area contributed by atoms with Crippen LogP contribution in [0.4, 0.5) is 17.6 Å². The van der Waals surface area contributed by atoms with Gasteiger partial charge in [-0.1, -0.05) is 19.4 Å². The van der Waals surface area contributed by atoms with E-state index in [9.17, 15) is 17.6 Å². The van der Waals surface area contributed by atoms with E-state index in [0.717, 1.165) is 25.0 Å². The summed E-state index contributed by atoms with van der Waals surface area (Å²) in [6.45, 7) is 3.00. The maximum Gasteiger partial charge on any atom is 0.419 e. The van der Waals surface area contributed by atoms with Gasteiger partial charge in [0.05, 0.1) is 5.56 Å². The van der Waals surface area contributed by atoms with Crippen LogP contribution in [0.1, 0.15) is 37.3 Å². The van der Waals surface area contributed by atoms with Crippen molar-refractivity contribution in [2.24, 2.45) is 5.92 Å². The van der Waals surface area contributed by atoms with Crippen LogP contribution in [0.15, 0.2) is 18.2 Å². The lowest BCUT2D eigenvalue weighted by Crippen LogP contribution is -2.23. The molecular formula is C15H21F4NO. The number of aliphatic hydroxyl groups excluding tert-OH is 1. The van der Waals surface area contributed by atoms with Gasteiger partial charge in [-0.2, -0.15) is 13.2 Å². The van der Waals surface area contributed by atoms with Crippen molar-refractivity contribution in [3.05, 3.63) is 35.1 Å². The minimum absolute atomic E-state index is 0.0983. The molecule has 120 valence electrons. The lowest BCUT2D eigenvalue weighted by molar-refractivity contribution is -0.140. The number of hydrogen-bond donors (Lipinski definition) is 2. The summed E-state index contributed by atoms with van der Waals surface area (Å²) in [7, 11) is 0. The molecule has 1 unspecified atom stereocenters. The molecule has 1 aromatic carbocycles. The van der Waals surface area contributed by atoms with Gasteiger partial charge >= 0.3 is 6.18 Å². The van der Waals surface area contributed by atoms with Gasteiger partial charge < -0.3 is 10.4 Å². The number of aliphatic hydroxyl groups is 1. The van der Waals surface area contributed by atoms with Crippen LogP contribution in [-0.2, 0) is 12.7 Å². The molecule has 2 nitrogen and oxygen atoms in total. The van der Waals surface area contributed by atoms with E-state index in [1.807, 2.05) is 6.92 Å². The molecule has 0 saturated heterocycles. The fourth-order valence-electron chi connectivity index (χ4n) is 2.26. The third kappa shape index (κ3) is 6.01. The van der Waals surface area contributed by atoms with Gasteiger partial charge in [0.15, 0.2) is 0 Å². The van der Waals surface area contributed by atoms with Gasteiger partial charge in [0.1, 0.15) is 5.82 Å². The van der Waals surface area contributed by atoms with E-state index in [2.05, 4.69) is 5.32 Å². The maximum absolute atomic E-state index is 13.1. The first-order valence-electron chi connectivity index (χ1n) is 7.05. The Morgan fingerprint density at radius 1 is 1.24 bits per heavy atom. The highest BCUT2D eigenvalue weighted by molar-refractivity contribution is 5.27. The molecule has 0 spiro atoms. The second-order valence-corrected chi connectivity index (χ2v) is 5.11. The van der Waals surface area contributed by atoms with Gasteiger partial charge in [-0.05, 0) is 43.0 Å². The van der Waals surface area contributed by atoms with Crippen molar-refractivity contribution < 1.29 is 22.7 Å². The SMILES string of the molecule is CCCC(CCO)CNCc1ccc(F)c(C(F)(F)F)c1. The van der Waals surface area contributed by atoms with E-state index in [4.69, 9.17) is 5.11 Å². The largest absolute Gasteiger partial charge is 0.419 e. The minimum atomic E-state index is -4.68. The summed E-state index contributed by atoms with van der Waals surface area (Å²) in [6, 6.07) is 3.03. The van der Waals surface area contributed by atoms with Crippen molar-refractivity contribution in [2.45, 2.75) is 38.9 Å². The fourth-order valence-corrected chi connectivity index (χ4v) is 2.26. The van der Waals surface area contributed by atoms with E-state index < -0.39 is 17.6 Å². The quantitative estimate of drug-likeness (QED) is 0.717. The van der Waals surface area contributed by atoms with Gasteiger partial charge in [0.2, 0.25) is 0 Å². The second-order valence-electron chi connectivity index (χ2n) is 5.11. The normalized spacial score (nSPS) is 13.4. The van der Waals surface area contributed by atoms with E-state index >= 15 is 0 Å². The Morgan fingerprint density at radius 3 is 2.52 bits per heavy atom. The minimum Gasteiger partial charge on any atom is -0.396 e. The Hall–Kier alpha value is -1.14. The Morgan fingerprint density at radius 2 is 1.95 bits per heavy atom. The number of alkyl halides is 3. The van der Waals surface area contributed by atoms with E-state index in [1.54, 1.807) is 0 Å². The molecule has 1 aromatic rings. The van der Waals surface area contributed by atoms with Crippen LogP contribution in [0.3, 0.4) is 0 Å². The Kier molecular flexibility index (Phi) is 7.11. The zero-order valence-electron chi connectivity index (χ0n) is 12.0. The smallest absolute Gasteiger partial charge is 0.396 e. The van der Waals surface area contributed by atoms with Crippen LogP contribution < -0.4 is 5.32 Å². The van der Waals surface area contributed by atoms with Crippen molar-refractivity contribution in [3.63, 3.8) is 0 Å². The molecule has 21 heavy (non-hydrogen) atoms. The molecule has 0 fully saturated rings. The highest BCUT2D eigenvalue weighted by atomic mass is 19.4. The van der Waals surface area contributed by atoms with Crippen LogP contribution in [-0.4, -0.2) is 18.3 Å². The molecule has 0 aliphatic rings. The summed E-state index contributed by atoms with van der Waals surface area (Å²) in [5.41, 5.74) is -0.842. The first-order chi connectivity index (χ1) is 9.88. The molecular weight excluding hydrogens is 286 g/mol. The van der Waals surface area contributed by atoms with Gasteiger partial charge in [-0.3, -0.25) is 0 Å². The first-order valence-corrected chi connectivity index (χ1v) is 7.05. The lowest BCUT2D eigenvalue weighted by atomic mass is 10.00. The summed E-state index contributed by atoms with van der Waals surface area (Å²) in [5, 5.41) is 12.0. The highest BCUT2D eigenvalue weighted by Gasteiger charge is 2.34. The summed E-state index contributed by atoms with van der Waals surface area (Å²) in [6.07, 6.45) is -2.08. The number of halogens is 4. The molecule has 0 saturated carbocycles. The van der Waals surface area contributed by atoms with E-state index in [-0.39, 0.29) is 13.2 Å². The van der Waals surface area contributed by atoms with Crippen LogP contribution in [0.5, 0.6) is 0 Å². The zero-order chi connectivity index (χ0) is 15.9. The maximum atomic E-state index is 13.1. The van der Waals surface area contributed by atoms with Crippen LogP contribution in [0, 0.1) is 11.7 Å². The Bertz CT molecular complexity index is 428. The summed E-state index contributed by atoms with van der Waals surface area (Å²) < 4.78 is 50.9. The number of hydrogen-bond acceptors (Lipinski definition) is 2. The summed E-state index contributed by atoms with van der Waals surface area (Å²) >= 11 is 0. The molecule has 6 heteroatoms. The average Bonchev–Trinajstić information content (AvgIpc) is 2.40. The lowest BCUT2D eigenvalue weighted by Gasteiger charge is -2.16. The molecule has 2 N–H and O–H groups in total. The average molecular weight is 307 g/mol. The molecule has 0 radical (unpaired) electrons. The van der Waals surface area contributed by atoms with Gasteiger partial charge in [0, 0.05) is 13.2 Å². The topological polar surface area (TPSA) is 32.3 Å². The number of benzene rings is 1. The van der Waals surface area contributed by atoms with Crippen LogP contribution in [0.2, 0.25) is 0 Å². The zero-order valence-corrected chi connectivity index (χ0v) is 12.0. The third-order valence-electron chi connectivity index (χ3n) is 3.33. The van der Waals surface area contributed by atoms with Crippen LogP contribution >= 0.6 is 0 Å². The molecule has 1 atom stereocenters. The molecule has 0 aliphatic carbocycles.